The van der Waals surface area contributed by atoms with Crippen LogP contribution in [-0.2, 0) is 27.1 Å². The van der Waals surface area contributed by atoms with Gasteiger partial charge in [0, 0.05) is 54.9 Å². The first-order valence-corrected chi connectivity index (χ1v) is 28.1. The lowest BCUT2D eigenvalue weighted by atomic mass is 9.81. The lowest BCUT2D eigenvalue weighted by Crippen LogP contribution is -2.14. The normalized spacial score (nSPS) is 13.1. The molecule has 9 aromatic rings. The molecule has 0 aliphatic rings. The van der Waals surface area contributed by atoms with Crippen molar-refractivity contribution in [3.8, 4) is 28.4 Å². The fourth-order valence-corrected chi connectivity index (χ4v) is 12.5. The molecule has 0 bridgehead atoms. The van der Waals surface area contributed by atoms with Gasteiger partial charge in [-0.3, -0.25) is 0 Å². The molecule has 9 rings (SSSR count). The van der Waals surface area contributed by atoms with Gasteiger partial charge in [-0.1, -0.05) is 158 Å². The van der Waals surface area contributed by atoms with Crippen molar-refractivity contribution in [2.75, 3.05) is 7.11 Å². The van der Waals surface area contributed by atoms with Crippen LogP contribution in [0.25, 0.3) is 65.8 Å². The Balaban J connectivity index is 1.34. The van der Waals surface area contributed by atoms with Gasteiger partial charge < -0.3 is 30.6 Å². The van der Waals surface area contributed by atoms with Crippen molar-refractivity contribution in [2.24, 2.45) is 0 Å². The number of rotatable bonds is 6. The molecule has 0 fully saturated rings. The van der Waals surface area contributed by atoms with Gasteiger partial charge in [-0.25, -0.2) is 0 Å². The zero-order valence-corrected chi connectivity index (χ0v) is 49.3. The summed E-state index contributed by atoms with van der Waals surface area (Å²) in [5, 5.41) is 6.02. The molecule has 1 atom stereocenters. The number of hydrogen-bond acceptors (Lipinski definition) is 7. The molecule has 7 nitrogen and oxygen atoms in total. The van der Waals surface area contributed by atoms with Crippen LogP contribution in [0, 0.1) is 27.7 Å². The number of ether oxygens (including phenoxy) is 1. The molecule has 388 valence electrons. The summed E-state index contributed by atoms with van der Waals surface area (Å²) in [6.45, 7) is 42.0. The van der Waals surface area contributed by atoms with Crippen molar-refractivity contribution in [1.82, 2.24) is 0 Å². The first kappa shape index (κ1) is 52.8. The molecular weight excluding hydrogens is 955 g/mol. The number of methoxy groups -OCH3 is 1. The topological polar surface area (TPSA) is 80.2 Å². The van der Waals surface area contributed by atoms with Gasteiger partial charge in [-0.05, 0) is 136 Å². The quantitative estimate of drug-likeness (QED) is 0.164. The van der Waals surface area contributed by atoms with Crippen LogP contribution in [0.2, 0.25) is 0 Å². The molecule has 0 radical (unpaired) electrons. The minimum atomic E-state index is -2.09. The van der Waals surface area contributed by atoms with E-state index in [1.165, 1.54) is 0 Å². The molecule has 2 heterocycles. The summed E-state index contributed by atoms with van der Waals surface area (Å²) >= 11 is 0. The largest absolute Gasteiger partial charge is 0.497 e. The van der Waals surface area contributed by atoms with Crippen molar-refractivity contribution in [2.45, 2.75) is 159 Å². The predicted octanol–water partition coefficient (Wildman–Crippen LogP) is 21.1. The van der Waals surface area contributed by atoms with Crippen molar-refractivity contribution in [1.29, 1.82) is 0 Å². The summed E-state index contributed by atoms with van der Waals surface area (Å²) in [4.78, 5) is 0. The summed E-state index contributed by atoms with van der Waals surface area (Å²) in [5.41, 5.74) is 13.2. The molecule has 0 amide bonds. The third kappa shape index (κ3) is 10.1. The van der Waals surface area contributed by atoms with Crippen LogP contribution in [0.3, 0.4) is 0 Å². The lowest BCUT2D eigenvalue weighted by molar-refractivity contribution is 0.413. The Morgan fingerprint density at radius 2 is 0.892 bits per heavy atom. The zero-order valence-electron chi connectivity index (χ0n) is 47.5. The van der Waals surface area contributed by atoms with E-state index >= 15 is 0 Å². The second-order valence-corrected chi connectivity index (χ2v) is 27.7. The predicted molar refractivity (Wildman–Crippen MR) is 313 cm³/mol. The maximum Gasteiger partial charge on any atom is 0.453 e. The third-order valence-electron chi connectivity index (χ3n) is 14.1. The molecule has 9 heteroatoms. The van der Waals surface area contributed by atoms with Crippen LogP contribution in [0.15, 0.2) is 114 Å². The minimum Gasteiger partial charge on any atom is -0.497 e. The van der Waals surface area contributed by atoms with Crippen molar-refractivity contribution in [3.63, 3.8) is 0 Å². The van der Waals surface area contributed by atoms with Gasteiger partial charge >= 0.3 is 16.5 Å². The van der Waals surface area contributed by atoms with E-state index in [1.54, 1.807) is 7.11 Å². The fraction of sp³-hybridized carbons (Fsp3) is 0.385. The van der Waals surface area contributed by atoms with Crippen molar-refractivity contribution in [3.05, 3.63) is 147 Å². The van der Waals surface area contributed by atoms with Crippen LogP contribution < -0.4 is 13.8 Å². The molecule has 2 aromatic heterocycles. The Kier molecular flexibility index (Phi) is 13.3. The number of benzene rings is 7. The standard InChI is InChI=1S/C65H76O7P2/c1-37-27-45(57(50(30-37)62(8,9)10)69-74-70-58-46(28-38(2)31-51(58)63(11,12)13)47-29-39(3)32-52(59(47)71-74)64(14,15)16)44-36-55(49(33-40(44)4)61(5,6)7)68-73-67-54-26-25-41-23-21-22-24-43(41)56(54)48-34-42(66-20)35-53(60(48)72-73)65(17,18)19/h21-36H,1-20H3. The molecule has 0 saturated heterocycles. The average molecular weight is 1030 g/mol. The average Bonchev–Trinajstić information content (AvgIpc) is 3.54. The van der Waals surface area contributed by atoms with Gasteiger partial charge in [0.2, 0.25) is 0 Å². The number of fused-ring (bicyclic) bond motifs is 8. The molecular formula is C65H76O7P2. The summed E-state index contributed by atoms with van der Waals surface area (Å²) in [5.74, 6) is 2.12. The van der Waals surface area contributed by atoms with Crippen LogP contribution >= 0.6 is 16.5 Å². The Morgan fingerprint density at radius 1 is 0.405 bits per heavy atom. The second kappa shape index (κ2) is 18.7. The Morgan fingerprint density at radius 3 is 1.43 bits per heavy atom. The maximum atomic E-state index is 7.50. The highest BCUT2D eigenvalue weighted by atomic mass is 31.1. The summed E-state index contributed by atoms with van der Waals surface area (Å²) in [6, 6.07) is 34.5. The van der Waals surface area contributed by atoms with Gasteiger partial charge in [0.05, 0.1) is 7.11 Å². The van der Waals surface area contributed by atoms with Crippen molar-refractivity contribution >= 4 is 71.1 Å². The van der Waals surface area contributed by atoms with Gasteiger partial charge in [0.1, 0.15) is 39.6 Å². The number of aryl methyl sites for hydroxylation is 4. The molecule has 0 spiro atoms. The van der Waals surface area contributed by atoms with Crippen LogP contribution in [0.1, 0.15) is 154 Å². The molecule has 0 saturated carbocycles. The van der Waals surface area contributed by atoms with Gasteiger partial charge in [0.25, 0.3) is 0 Å². The SMILES string of the molecule is COc1cc(C(C)(C)C)c2op(Oc3cc(-c4cc(C)cc(C(C)(C)C)c4Op4oc5c(C(C)(C)C)cc(C)cc5c5cc(C)cc(C(C)(C)C)c5o4)c(C)cc3C(C)(C)C)oc3ccc4ccccc4c3c2c1. The van der Waals surface area contributed by atoms with Gasteiger partial charge in [-0.2, -0.15) is 0 Å². The molecule has 7 aromatic carbocycles. The minimum absolute atomic E-state index is 0.238. The van der Waals surface area contributed by atoms with Crippen LogP contribution in [-0.4, -0.2) is 7.11 Å². The third-order valence-corrected chi connectivity index (χ3v) is 16.1. The monoisotopic (exact) mass is 1030 g/mol. The smallest absolute Gasteiger partial charge is 0.453 e. The highest BCUT2D eigenvalue weighted by molar-refractivity contribution is 7.32. The van der Waals surface area contributed by atoms with Crippen LogP contribution in [0.5, 0.6) is 17.2 Å². The highest BCUT2D eigenvalue weighted by Gasteiger charge is 2.31. The van der Waals surface area contributed by atoms with E-state index in [2.05, 4.69) is 223 Å². The van der Waals surface area contributed by atoms with E-state index in [0.717, 1.165) is 116 Å². The second-order valence-electron chi connectivity index (χ2n) is 25.7. The van der Waals surface area contributed by atoms with E-state index in [0.29, 0.717) is 17.1 Å². The zero-order chi connectivity index (χ0) is 53.8. The summed E-state index contributed by atoms with van der Waals surface area (Å²) in [6.07, 6.45) is 0. The molecule has 74 heavy (non-hydrogen) atoms. The lowest BCUT2D eigenvalue weighted by Gasteiger charge is -2.27. The first-order valence-electron chi connectivity index (χ1n) is 25.9. The fourth-order valence-electron chi connectivity index (χ4n) is 10.3. The summed E-state index contributed by atoms with van der Waals surface area (Å²) < 4.78 is 49.5. The van der Waals surface area contributed by atoms with Crippen molar-refractivity contribution < 1.29 is 30.6 Å². The van der Waals surface area contributed by atoms with E-state index in [1.807, 2.05) is 6.07 Å². The van der Waals surface area contributed by atoms with Gasteiger partial charge in [-0.15, -0.1) is 0 Å². The van der Waals surface area contributed by atoms with Gasteiger partial charge in [0.15, 0.2) is 0 Å². The first-order chi connectivity index (χ1) is 34.4. The molecule has 1 unspecified atom stereocenters. The van der Waals surface area contributed by atoms with E-state index in [9.17, 15) is 0 Å². The van der Waals surface area contributed by atoms with E-state index in [4.69, 9.17) is 30.6 Å². The Hall–Kier alpha value is -6.00. The Bertz CT molecular complexity index is 3700. The Labute approximate surface area is 440 Å². The summed E-state index contributed by atoms with van der Waals surface area (Å²) in [7, 11) is -2.46. The molecule has 0 aliphatic heterocycles. The highest BCUT2D eigenvalue weighted by Crippen LogP contribution is 2.52. The molecule has 0 N–H and O–H groups in total. The van der Waals surface area contributed by atoms with E-state index < -0.39 is 16.5 Å². The van der Waals surface area contributed by atoms with E-state index in [-0.39, 0.29) is 27.1 Å². The molecule has 0 aliphatic carbocycles. The van der Waals surface area contributed by atoms with Crippen LogP contribution in [0.4, 0.5) is 0 Å². The number of hydrogen-bond donors (Lipinski definition) is 0. The maximum absolute atomic E-state index is 7.50.